The molecule has 1 heterocycles. The lowest BCUT2D eigenvalue weighted by Gasteiger charge is -2.26. The van der Waals surface area contributed by atoms with E-state index in [-0.39, 0.29) is 5.91 Å². The van der Waals surface area contributed by atoms with Crippen LogP contribution in [0.15, 0.2) is 18.2 Å². The van der Waals surface area contributed by atoms with Gasteiger partial charge in [0.1, 0.15) is 0 Å². The number of hydrogen-bond acceptors (Lipinski definition) is 3. The van der Waals surface area contributed by atoms with Crippen LogP contribution in [-0.4, -0.2) is 23.2 Å². The van der Waals surface area contributed by atoms with Crippen molar-refractivity contribution >= 4 is 23.3 Å². The van der Waals surface area contributed by atoms with E-state index < -0.39 is 5.60 Å². The molecule has 2 rings (SSSR count). The molecule has 1 fully saturated rings. The van der Waals surface area contributed by atoms with E-state index in [9.17, 15) is 9.90 Å². The maximum absolute atomic E-state index is 11.8. The monoisotopic (exact) mass is 293 g/mol. The van der Waals surface area contributed by atoms with Crippen molar-refractivity contribution in [2.45, 2.75) is 51.0 Å². The summed E-state index contributed by atoms with van der Waals surface area (Å²) in [4.78, 5) is 14.1. The fourth-order valence-corrected chi connectivity index (χ4v) is 3.35. The highest BCUT2D eigenvalue weighted by molar-refractivity contribution is 7.12. The fourth-order valence-electron chi connectivity index (χ4n) is 2.57. The van der Waals surface area contributed by atoms with Gasteiger partial charge < -0.3 is 10.4 Å². The summed E-state index contributed by atoms with van der Waals surface area (Å²) >= 11 is 1.66. The second kappa shape index (κ2) is 7.04. The van der Waals surface area contributed by atoms with Gasteiger partial charge in [0.15, 0.2) is 0 Å². The summed E-state index contributed by atoms with van der Waals surface area (Å²) in [6.45, 7) is 2.41. The molecule has 0 saturated heterocycles. The molecule has 1 aromatic rings. The van der Waals surface area contributed by atoms with Crippen molar-refractivity contribution in [2.75, 3.05) is 6.54 Å². The molecule has 3 nitrogen and oxygen atoms in total. The summed E-state index contributed by atoms with van der Waals surface area (Å²) < 4.78 is 0. The molecule has 0 bridgehead atoms. The Labute approximate surface area is 124 Å². The summed E-state index contributed by atoms with van der Waals surface area (Å²) in [5.41, 5.74) is -0.709. The Hall–Kier alpha value is -1.13. The van der Waals surface area contributed by atoms with E-state index in [4.69, 9.17) is 0 Å². The molecule has 1 aromatic heterocycles. The van der Waals surface area contributed by atoms with Crippen LogP contribution < -0.4 is 5.32 Å². The van der Waals surface area contributed by atoms with Crippen LogP contribution in [0.25, 0.3) is 6.08 Å². The van der Waals surface area contributed by atoms with Crippen molar-refractivity contribution in [1.82, 2.24) is 5.32 Å². The first-order chi connectivity index (χ1) is 9.57. The Morgan fingerprint density at radius 3 is 2.65 bits per heavy atom. The van der Waals surface area contributed by atoms with Crippen LogP contribution in [0.2, 0.25) is 0 Å². The van der Waals surface area contributed by atoms with Crippen LogP contribution in [0.3, 0.4) is 0 Å². The highest BCUT2D eigenvalue weighted by Gasteiger charge is 2.27. The lowest BCUT2D eigenvalue weighted by molar-refractivity contribution is -0.117. The Kier molecular flexibility index (Phi) is 5.38. The fraction of sp³-hybridized carbons (Fsp3) is 0.562. The summed E-state index contributed by atoms with van der Waals surface area (Å²) in [5.74, 6) is -0.131. The van der Waals surface area contributed by atoms with Crippen LogP contribution in [-0.2, 0) is 4.79 Å². The number of carbonyl (C=O) groups excluding carboxylic acids is 1. The molecular weight excluding hydrogens is 270 g/mol. The van der Waals surface area contributed by atoms with Crippen molar-refractivity contribution in [3.63, 3.8) is 0 Å². The van der Waals surface area contributed by atoms with Gasteiger partial charge >= 0.3 is 0 Å². The average molecular weight is 293 g/mol. The summed E-state index contributed by atoms with van der Waals surface area (Å²) in [5, 5.41) is 13.3. The minimum Gasteiger partial charge on any atom is -0.388 e. The summed E-state index contributed by atoms with van der Waals surface area (Å²) in [6.07, 6.45) is 9.44. The lowest BCUT2D eigenvalue weighted by atomic mass is 9.94. The van der Waals surface area contributed by atoms with E-state index in [0.717, 1.165) is 30.6 Å². The van der Waals surface area contributed by atoms with Crippen LogP contribution >= 0.6 is 11.3 Å². The van der Waals surface area contributed by atoms with E-state index in [1.165, 1.54) is 17.7 Å². The Bertz CT molecular complexity index is 471. The first-order valence-corrected chi connectivity index (χ1v) is 8.14. The molecule has 1 aliphatic carbocycles. The number of amides is 1. The molecule has 1 saturated carbocycles. The largest absolute Gasteiger partial charge is 0.388 e. The topological polar surface area (TPSA) is 49.3 Å². The van der Waals surface area contributed by atoms with E-state index in [0.29, 0.717) is 6.54 Å². The van der Waals surface area contributed by atoms with Gasteiger partial charge in [0, 0.05) is 22.4 Å². The van der Waals surface area contributed by atoms with Gasteiger partial charge in [0.25, 0.3) is 0 Å². The third-order valence-corrected chi connectivity index (χ3v) is 4.75. The molecule has 0 atom stereocenters. The number of rotatable bonds is 4. The van der Waals surface area contributed by atoms with E-state index >= 15 is 0 Å². The van der Waals surface area contributed by atoms with Crippen molar-refractivity contribution in [3.8, 4) is 0 Å². The molecule has 1 aliphatic rings. The van der Waals surface area contributed by atoms with Gasteiger partial charge in [-0.1, -0.05) is 25.7 Å². The summed E-state index contributed by atoms with van der Waals surface area (Å²) in [6, 6.07) is 4.04. The molecular formula is C16H23NO2S. The van der Waals surface area contributed by atoms with Crippen LogP contribution in [0.5, 0.6) is 0 Å². The van der Waals surface area contributed by atoms with Crippen LogP contribution in [0.1, 0.15) is 48.3 Å². The van der Waals surface area contributed by atoms with Gasteiger partial charge in [-0.2, -0.15) is 0 Å². The zero-order valence-corrected chi connectivity index (χ0v) is 12.8. The minimum atomic E-state index is -0.709. The lowest BCUT2D eigenvalue weighted by Crippen LogP contribution is -2.42. The molecule has 4 heteroatoms. The van der Waals surface area contributed by atoms with Gasteiger partial charge in [-0.25, -0.2) is 0 Å². The third kappa shape index (κ3) is 4.76. The van der Waals surface area contributed by atoms with Crippen molar-refractivity contribution in [3.05, 3.63) is 28.0 Å². The van der Waals surface area contributed by atoms with Gasteiger partial charge in [0.05, 0.1) is 5.60 Å². The first kappa shape index (κ1) is 15.3. The van der Waals surface area contributed by atoms with Crippen LogP contribution in [0, 0.1) is 6.92 Å². The highest BCUT2D eigenvalue weighted by atomic mass is 32.1. The van der Waals surface area contributed by atoms with Crippen molar-refractivity contribution < 1.29 is 9.90 Å². The maximum Gasteiger partial charge on any atom is 0.244 e. The number of carbonyl (C=O) groups is 1. The van der Waals surface area contributed by atoms with E-state index in [2.05, 4.69) is 5.32 Å². The molecule has 0 aliphatic heterocycles. The molecule has 0 radical (unpaired) electrons. The number of thiophene rings is 1. The third-order valence-electron chi connectivity index (χ3n) is 3.79. The van der Waals surface area contributed by atoms with E-state index in [1.807, 2.05) is 25.1 Å². The quantitative estimate of drug-likeness (QED) is 0.661. The highest BCUT2D eigenvalue weighted by Crippen LogP contribution is 2.26. The Morgan fingerprint density at radius 2 is 2.05 bits per heavy atom. The average Bonchev–Trinajstić information content (AvgIpc) is 2.71. The zero-order valence-electron chi connectivity index (χ0n) is 12.0. The number of nitrogens with one attached hydrogen (secondary N) is 1. The Balaban J connectivity index is 1.80. The number of hydrogen-bond donors (Lipinski definition) is 2. The molecule has 0 spiro atoms. The summed E-state index contributed by atoms with van der Waals surface area (Å²) in [7, 11) is 0. The standard InChI is InChI=1S/C16H23NO2S/c1-13-6-7-14(20-13)8-9-15(18)17-12-16(19)10-4-2-3-5-11-16/h6-9,19H,2-5,10-12H2,1H3,(H,17,18). The second-order valence-corrected chi connectivity index (χ2v) is 6.96. The number of aliphatic hydroxyl groups is 1. The molecule has 2 N–H and O–H groups in total. The molecule has 0 unspecified atom stereocenters. The maximum atomic E-state index is 11.8. The molecule has 110 valence electrons. The SMILES string of the molecule is Cc1ccc(C=CC(=O)NCC2(O)CCCCCC2)s1. The Morgan fingerprint density at radius 1 is 1.35 bits per heavy atom. The van der Waals surface area contributed by atoms with Gasteiger partial charge in [-0.05, 0) is 38.0 Å². The minimum absolute atomic E-state index is 0.131. The molecule has 1 amide bonds. The normalized spacial score (nSPS) is 18.9. The van der Waals surface area contributed by atoms with Gasteiger partial charge in [-0.3, -0.25) is 4.79 Å². The van der Waals surface area contributed by atoms with E-state index in [1.54, 1.807) is 17.4 Å². The number of aryl methyl sites for hydroxylation is 1. The predicted molar refractivity (Wildman–Crippen MR) is 83.8 cm³/mol. The predicted octanol–water partition coefficient (Wildman–Crippen LogP) is 3.27. The van der Waals surface area contributed by atoms with Crippen molar-refractivity contribution in [2.24, 2.45) is 0 Å². The van der Waals surface area contributed by atoms with Gasteiger partial charge in [-0.15, -0.1) is 11.3 Å². The van der Waals surface area contributed by atoms with Crippen LogP contribution in [0.4, 0.5) is 0 Å². The second-order valence-electron chi connectivity index (χ2n) is 5.64. The first-order valence-electron chi connectivity index (χ1n) is 7.32. The van der Waals surface area contributed by atoms with Crippen molar-refractivity contribution in [1.29, 1.82) is 0 Å². The van der Waals surface area contributed by atoms with Gasteiger partial charge in [0.2, 0.25) is 5.91 Å². The smallest absolute Gasteiger partial charge is 0.244 e. The molecule has 20 heavy (non-hydrogen) atoms. The molecule has 0 aromatic carbocycles. The zero-order chi connectivity index (χ0) is 14.4.